The van der Waals surface area contributed by atoms with Gasteiger partial charge in [-0.05, 0) is 48.7 Å². The third-order valence-electron chi connectivity index (χ3n) is 3.59. The second kappa shape index (κ2) is 9.91. The molecule has 0 aliphatic rings. The summed E-state index contributed by atoms with van der Waals surface area (Å²) in [4.78, 5) is 0. The van der Waals surface area contributed by atoms with Gasteiger partial charge in [0.2, 0.25) is 0 Å². The first-order valence-corrected chi connectivity index (χ1v) is 9.28. The number of ether oxygens (including phenoxy) is 2. The molecule has 0 bridgehead atoms. The molecule has 0 amide bonds. The maximum absolute atomic E-state index is 6.43. The minimum Gasteiger partial charge on any atom is -0.490 e. The van der Waals surface area contributed by atoms with Gasteiger partial charge in [-0.1, -0.05) is 49.2 Å². The van der Waals surface area contributed by atoms with Gasteiger partial charge in [-0.15, -0.1) is 0 Å². The second-order valence-electron chi connectivity index (χ2n) is 6.26. The molecule has 2 rings (SSSR count). The van der Waals surface area contributed by atoms with Crippen LogP contribution in [0.25, 0.3) is 0 Å². The Hall–Kier alpha value is -1.42. The zero-order chi connectivity index (χ0) is 18.2. The highest BCUT2D eigenvalue weighted by atomic mass is 35.5. The van der Waals surface area contributed by atoms with Gasteiger partial charge in [-0.3, -0.25) is 0 Å². The molecular weight excluding hydrogens is 357 g/mol. The van der Waals surface area contributed by atoms with Crippen LogP contribution in [0.3, 0.4) is 0 Å². The van der Waals surface area contributed by atoms with Crippen molar-refractivity contribution in [2.45, 2.75) is 33.9 Å². The van der Waals surface area contributed by atoms with E-state index in [1.165, 1.54) is 0 Å². The molecule has 3 nitrogen and oxygen atoms in total. The lowest BCUT2D eigenvalue weighted by atomic mass is 10.1. The topological polar surface area (TPSA) is 30.5 Å². The van der Waals surface area contributed by atoms with Gasteiger partial charge in [-0.2, -0.15) is 0 Å². The zero-order valence-corrected chi connectivity index (χ0v) is 16.5. The van der Waals surface area contributed by atoms with Crippen LogP contribution in [0.4, 0.5) is 0 Å². The average Bonchev–Trinajstić information content (AvgIpc) is 2.57. The van der Waals surface area contributed by atoms with Crippen molar-refractivity contribution in [2.24, 2.45) is 5.92 Å². The minimum atomic E-state index is 0.429. The molecule has 0 saturated carbocycles. The number of halogens is 2. The van der Waals surface area contributed by atoms with Crippen molar-refractivity contribution in [3.05, 3.63) is 57.6 Å². The summed E-state index contributed by atoms with van der Waals surface area (Å²) >= 11 is 12.3. The first-order valence-electron chi connectivity index (χ1n) is 8.52. The van der Waals surface area contributed by atoms with E-state index in [0.717, 1.165) is 17.7 Å². The van der Waals surface area contributed by atoms with Gasteiger partial charge < -0.3 is 14.8 Å². The molecule has 0 fully saturated rings. The van der Waals surface area contributed by atoms with E-state index >= 15 is 0 Å². The van der Waals surface area contributed by atoms with Crippen LogP contribution in [-0.4, -0.2) is 13.2 Å². The first-order chi connectivity index (χ1) is 12.0. The highest BCUT2D eigenvalue weighted by Gasteiger charge is 2.12. The molecule has 0 saturated heterocycles. The number of hydrogen-bond donors (Lipinski definition) is 1. The minimum absolute atomic E-state index is 0.429. The van der Waals surface area contributed by atoms with Gasteiger partial charge in [0.25, 0.3) is 0 Å². The lowest BCUT2D eigenvalue weighted by molar-refractivity contribution is 0.269. The van der Waals surface area contributed by atoms with Crippen LogP contribution in [0.5, 0.6) is 11.5 Å². The van der Waals surface area contributed by atoms with E-state index < -0.39 is 0 Å². The molecule has 0 aliphatic heterocycles. The summed E-state index contributed by atoms with van der Waals surface area (Å²) in [6, 6.07) is 11.4. The maximum atomic E-state index is 6.43. The van der Waals surface area contributed by atoms with Crippen LogP contribution in [0, 0.1) is 5.92 Å². The molecule has 136 valence electrons. The van der Waals surface area contributed by atoms with Crippen molar-refractivity contribution in [3.63, 3.8) is 0 Å². The largest absolute Gasteiger partial charge is 0.490 e. The van der Waals surface area contributed by atoms with Gasteiger partial charge in [0.1, 0.15) is 6.61 Å². The van der Waals surface area contributed by atoms with Crippen molar-refractivity contribution in [3.8, 4) is 11.5 Å². The Morgan fingerprint density at radius 3 is 2.32 bits per heavy atom. The summed E-state index contributed by atoms with van der Waals surface area (Å²) in [7, 11) is 0. The van der Waals surface area contributed by atoms with Crippen molar-refractivity contribution in [1.82, 2.24) is 5.32 Å². The Balaban J connectivity index is 2.10. The highest BCUT2D eigenvalue weighted by Crippen LogP contribution is 2.34. The summed E-state index contributed by atoms with van der Waals surface area (Å²) in [5, 5.41) is 4.78. The maximum Gasteiger partial charge on any atom is 0.163 e. The van der Waals surface area contributed by atoms with Gasteiger partial charge in [0.05, 0.1) is 6.61 Å². The van der Waals surface area contributed by atoms with E-state index in [4.69, 9.17) is 32.7 Å². The Kier molecular flexibility index (Phi) is 7.89. The number of hydrogen-bond acceptors (Lipinski definition) is 3. The third-order valence-corrected chi connectivity index (χ3v) is 4.19. The zero-order valence-electron chi connectivity index (χ0n) is 14.9. The molecule has 2 aromatic carbocycles. The summed E-state index contributed by atoms with van der Waals surface area (Å²) in [5.41, 5.74) is 2.04. The quantitative estimate of drug-likeness (QED) is 0.602. The molecular formula is C20H25Cl2NO2. The van der Waals surface area contributed by atoms with Crippen molar-refractivity contribution >= 4 is 23.2 Å². The fraction of sp³-hybridized carbons (Fsp3) is 0.400. The molecule has 0 spiro atoms. The standard InChI is InChI=1S/C20H25Cl2NO2/c1-4-24-19-9-16(12-23-11-14(2)3)18(22)10-20(19)25-13-15-5-7-17(21)8-6-15/h5-10,14,23H,4,11-13H2,1-3H3. The van der Waals surface area contributed by atoms with Gasteiger partial charge in [-0.25, -0.2) is 0 Å². The highest BCUT2D eigenvalue weighted by molar-refractivity contribution is 6.31. The number of benzene rings is 2. The Morgan fingerprint density at radius 1 is 1.00 bits per heavy atom. The van der Waals surface area contributed by atoms with Gasteiger partial charge >= 0.3 is 0 Å². The lowest BCUT2D eigenvalue weighted by Gasteiger charge is -2.16. The summed E-state index contributed by atoms with van der Waals surface area (Å²) in [5.74, 6) is 1.95. The molecule has 25 heavy (non-hydrogen) atoms. The van der Waals surface area contributed by atoms with E-state index in [1.54, 1.807) is 0 Å². The Labute approximate surface area is 160 Å². The van der Waals surface area contributed by atoms with Crippen LogP contribution in [0.1, 0.15) is 31.9 Å². The van der Waals surface area contributed by atoms with Crippen molar-refractivity contribution in [1.29, 1.82) is 0 Å². The molecule has 0 radical (unpaired) electrons. The Bertz CT molecular complexity index is 672. The lowest BCUT2D eigenvalue weighted by Crippen LogP contribution is -2.19. The molecule has 2 aromatic rings. The predicted octanol–water partition coefficient (Wildman–Crippen LogP) is 5.72. The van der Waals surface area contributed by atoms with Gasteiger partial charge in [0, 0.05) is 22.7 Å². The monoisotopic (exact) mass is 381 g/mol. The average molecular weight is 382 g/mol. The first kappa shape index (κ1) is 19.9. The van der Waals surface area contributed by atoms with Gasteiger partial charge in [0.15, 0.2) is 11.5 Å². The Morgan fingerprint density at radius 2 is 1.68 bits per heavy atom. The second-order valence-corrected chi connectivity index (χ2v) is 7.11. The molecule has 1 N–H and O–H groups in total. The SMILES string of the molecule is CCOc1cc(CNCC(C)C)c(Cl)cc1OCc1ccc(Cl)cc1. The van der Waals surface area contributed by atoms with Crippen LogP contribution in [0.15, 0.2) is 36.4 Å². The number of nitrogens with one attached hydrogen (secondary N) is 1. The van der Waals surface area contributed by atoms with E-state index in [0.29, 0.717) is 47.2 Å². The smallest absolute Gasteiger partial charge is 0.163 e. The van der Waals surface area contributed by atoms with Crippen LogP contribution >= 0.6 is 23.2 Å². The predicted molar refractivity (Wildman–Crippen MR) is 105 cm³/mol. The summed E-state index contributed by atoms with van der Waals surface area (Å²) < 4.78 is 11.7. The van der Waals surface area contributed by atoms with E-state index in [9.17, 15) is 0 Å². The summed E-state index contributed by atoms with van der Waals surface area (Å²) in [6.45, 7) is 8.94. The normalized spacial score (nSPS) is 11.0. The van der Waals surface area contributed by atoms with Crippen LogP contribution < -0.4 is 14.8 Å². The third kappa shape index (κ3) is 6.43. The van der Waals surface area contributed by atoms with E-state index in [2.05, 4.69) is 19.2 Å². The fourth-order valence-corrected chi connectivity index (χ4v) is 2.68. The van der Waals surface area contributed by atoms with Crippen LogP contribution in [-0.2, 0) is 13.2 Å². The van der Waals surface area contributed by atoms with Crippen LogP contribution in [0.2, 0.25) is 10.0 Å². The molecule has 0 heterocycles. The van der Waals surface area contributed by atoms with Crippen molar-refractivity contribution in [2.75, 3.05) is 13.2 Å². The number of rotatable bonds is 9. The molecule has 0 atom stereocenters. The molecule has 5 heteroatoms. The molecule has 0 aromatic heterocycles. The fourth-order valence-electron chi connectivity index (χ4n) is 2.33. The molecule has 0 unspecified atom stereocenters. The molecule has 0 aliphatic carbocycles. The summed E-state index contributed by atoms with van der Waals surface area (Å²) in [6.07, 6.45) is 0. The van der Waals surface area contributed by atoms with Crippen molar-refractivity contribution < 1.29 is 9.47 Å². The van der Waals surface area contributed by atoms with E-state index in [-0.39, 0.29) is 0 Å². The van der Waals surface area contributed by atoms with E-state index in [1.807, 2.05) is 43.3 Å².